The van der Waals surface area contributed by atoms with Crippen molar-refractivity contribution in [3.8, 4) is 0 Å². The molecular weight excluding hydrogens is 304 g/mol. The molecule has 0 atom stereocenters. The van der Waals surface area contributed by atoms with Crippen molar-refractivity contribution < 1.29 is 4.79 Å². The zero-order valence-corrected chi connectivity index (χ0v) is 12.8. The Morgan fingerprint density at radius 3 is 2.79 bits per heavy atom. The zero-order valence-electron chi connectivity index (χ0n) is 11.2. The van der Waals surface area contributed by atoms with Gasteiger partial charge in [-0.15, -0.1) is 0 Å². The van der Waals surface area contributed by atoms with E-state index in [1.165, 1.54) is 38.5 Å². The lowest BCUT2D eigenvalue weighted by molar-refractivity contribution is -0.116. The van der Waals surface area contributed by atoms with Crippen LogP contribution in [0.15, 0.2) is 22.8 Å². The number of hydrogen-bond acceptors (Lipinski definition) is 2. The molecule has 0 saturated heterocycles. The standard InChI is InChI=1S/C15H21BrN2O/c16-13-9-10-14(17-11-13)18-15(19)8-4-7-12-5-2-1-3-6-12/h9-12H,1-8H2,(H,17,18,19). The summed E-state index contributed by atoms with van der Waals surface area (Å²) in [5.41, 5.74) is 0. The van der Waals surface area contributed by atoms with Gasteiger partial charge in [-0.05, 0) is 46.8 Å². The highest BCUT2D eigenvalue weighted by molar-refractivity contribution is 9.10. The summed E-state index contributed by atoms with van der Waals surface area (Å²) in [4.78, 5) is 15.9. The van der Waals surface area contributed by atoms with Gasteiger partial charge in [0.2, 0.25) is 5.91 Å². The molecule has 19 heavy (non-hydrogen) atoms. The first-order valence-corrected chi connectivity index (χ1v) is 7.95. The van der Waals surface area contributed by atoms with Crippen LogP contribution in [0.3, 0.4) is 0 Å². The Morgan fingerprint density at radius 2 is 2.11 bits per heavy atom. The minimum Gasteiger partial charge on any atom is -0.311 e. The maximum Gasteiger partial charge on any atom is 0.225 e. The van der Waals surface area contributed by atoms with Gasteiger partial charge in [0.15, 0.2) is 0 Å². The van der Waals surface area contributed by atoms with Crippen LogP contribution < -0.4 is 5.32 Å². The molecule has 1 aliphatic carbocycles. The fourth-order valence-electron chi connectivity index (χ4n) is 2.68. The summed E-state index contributed by atoms with van der Waals surface area (Å²) in [7, 11) is 0. The van der Waals surface area contributed by atoms with Crippen molar-refractivity contribution in [1.82, 2.24) is 4.98 Å². The van der Waals surface area contributed by atoms with E-state index in [1.807, 2.05) is 12.1 Å². The van der Waals surface area contributed by atoms with Crippen molar-refractivity contribution in [2.45, 2.75) is 51.4 Å². The fraction of sp³-hybridized carbons (Fsp3) is 0.600. The zero-order chi connectivity index (χ0) is 13.5. The molecule has 4 heteroatoms. The van der Waals surface area contributed by atoms with Gasteiger partial charge in [-0.25, -0.2) is 4.98 Å². The largest absolute Gasteiger partial charge is 0.311 e. The van der Waals surface area contributed by atoms with E-state index in [4.69, 9.17) is 0 Å². The van der Waals surface area contributed by atoms with Gasteiger partial charge >= 0.3 is 0 Å². The number of anilines is 1. The molecule has 1 aromatic heterocycles. The summed E-state index contributed by atoms with van der Waals surface area (Å²) in [6, 6.07) is 3.69. The normalized spacial score (nSPS) is 16.3. The van der Waals surface area contributed by atoms with E-state index < -0.39 is 0 Å². The number of carbonyl (C=O) groups is 1. The highest BCUT2D eigenvalue weighted by Gasteiger charge is 2.13. The van der Waals surface area contributed by atoms with Crippen LogP contribution >= 0.6 is 15.9 Å². The van der Waals surface area contributed by atoms with Crippen LogP contribution in [0.2, 0.25) is 0 Å². The number of amides is 1. The Balaban J connectivity index is 1.65. The first-order valence-electron chi connectivity index (χ1n) is 7.15. The SMILES string of the molecule is O=C(CCCC1CCCCC1)Nc1ccc(Br)cn1. The lowest BCUT2D eigenvalue weighted by atomic mass is 9.86. The molecule has 3 nitrogen and oxygen atoms in total. The van der Waals surface area contributed by atoms with E-state index in [0.717, 1.165) is 16.8 Å². The summed E-state index contributed by atoms with van der Waals surface area (Å²) in [6.07, 6.45) is 11.3. The molecule has 0 aliphatic heterocycles. The molecule has 1 N–H and O–H groups in total. The molecule has 0 unspecified atom stereocenters. The van der Waals surface area contributed by atoms with Crippen LogP contribution in [0, 0.1) is 5.92 Å². The van der Waals surface area contributed by atoms with Gasteiger partial charge in [-0.2, -0.15) is 0 Å². The maximum atomic E-state index is 11.8. The van der Waals surface area contributed by atoms with Gasteiger partial charge in [-0.3, -0.25) is 4.79 Å². The number of nitrogens with one attached hydrogen (secondary N) is 1. The highest BCUT2D eigenvalue weighted by atomic mass is 79.9. The molecule has 1 aliphatic rings. The molecule has 0 bridgehead atoms. The van der Waals surface area contributed by atoms with E-state index in [0.29, 0.717) is 12.2 Å². The van der Waals surface area contributed by atoms with E-state index in [-0.39, 0.29) is 5.91 Å². The number of rotatable bonds is 5. The minimum absolute atomic E-state index is 0.0747. The Hall–Kier alpha value is -0.900. The number of hydrogen-bond donors (Lipinski definition) is 1. The van der Waals surface area contributed by atoms with Gasteiger partial charge in [0.25, 0.3) is 0 Å². The van der Waals surface area contributed by atoms with Gasteiger partial charge in [0, 0.05) is 17.1 Å². The van der Waals surface area contributed by atoms with Crippen LogP contribution in [0.1, 0.15) is 51.4 Å². The van der Waals surface area contributed by atoms with E-state index >= 15 is 0 Å². The molecule has 0 spiro atoms. The van der Waals surface area contributed by atoms with Crippen LogP contribution in [0.4, 0.5) is 5.82 Å². The molecule has 1 aromatic rings. The van der Waals surface area contributed by atoms with Crippen LogP contribution in [-0.2, 0) is 4.79 Å². The lowest BCUT2D eigenvalue weighted by Crippen LogP contribution is -2.13. The molecule has 1 heterocycles. The molecule has 104 valence electrons. The van der Waals surface area contributed by atoms with Gasteiger partial charge in [-0.1, -0.05) is 32.1 Å². The van der Waals surface area contributed by atoms with Crippen molar-refractivity contribution >= 4 is 27.7 Å². The molecule has 0 aromatic carbocycles. The third kappa shape index (κ3) is 5.31. The van der Waals surface area contributed by atoms with E-state index in [1.54, 1.807) is 6.20 Å². The molecule has 1 saturated carbocycles. The number of nitrogens with zero attached hydrogens (tertiary/aromatic N) is 1. The summed E-state index contributed by atoms with van der Waals surface area (Å²) in [6.45, 7) is 0. The Labute approximate surface area is 123 Å². The van der Waals surface area contributed by atoms with Crippen molar-refractivity contribution in [3.63, 3.8) is 0 Å². The molecule has 2 rings (SSSR count). The predicted octanol–water partition coefficient (Wildman–Crippen LogP) is 4.53. The third-order valence-electron chi connectivity index (χ3n) is 3.74. The summed E-state index contributed by atoms with van der Waals surface area (Å²) in [5, 5.41) is 2.84. The average molecular weight is 325 g/mol. The number of aromatic nitrogens is 1. The molecule has 1 amide bonds. The van der Waals surface area contributed by atoms with Gasteiger partial charge in [0.05, 0.1) is 0 Å². The molecule has 1 fully saturated rings. The second-order valence-electron chi connectivity index (χ2n) is 5.31. The summed E-state index contributed by atoms with van der Waals surface area (Å²) in [5.74, 6) is 1.56. The van der Waals surface area contributed by atoms with Crippen molar-refractivity contribution in [1.29, 1.82) is 0 Å². The Morgan fingerprint density at radius 1 is 1.32 bits per heavy atom. The second kappa shape index (κ2) is 7.63. The topological polar surface area (TPSA) is 42.0 Å². The summed E-state index contributed by atoms with van der Waals surface area (Å²) >= 11 is 3.32. The number of carbonyl (C=O) groups excluding carboxylic acids is 1. The van der Waals surface area contributed by atoms with Crippen LogP contribution in [0.25, 0.3) is 0 Å². The van der Waals surface area contributed by atoms with Crippen molar-refractivity contribution in [2.24, 2.45) is 5.92 Å². The third-order valence-corrected chi connectivity index (χ3v) is 4.20. The van der Waals surface area contributed by atoms with Crippen LogP contribution in [0.5, 0.6) is 0 Å². The fourth-order valence-corrected chi connectivity index (χ4v) is 2.92. The highest BCUT2D eigenvalue weighted by Crippen LogP contribution is 2.27. The van der Waals surface area contributed by atoms with Crippen molar-refractivity contribution in [3.05, 3.63) is 22.8 Å². The Bertz CT molecular complexity index is 399. The minimum atomic E-state index is 0.0747. The number of pyridine rings is 1. The first kappa shape index (κ1) is 14.5. The molecule has 0 radical (unpaired) electrons. The van der Waals surface area contributed by atoms with Gasteiger partial charge in [0.1, 0.15) is 5.82 Å². The van der Waals surface area contributed by atoms with Crippen LogP contribution in [-0.4, -0.2) is 10.9 Å². The molecular formula is C15H21BrN2O. The average Bonchev–Trinajstić information content (AvgIpc) is 2.43. The second-order valence-corrected chi connectivity index (χ2v) is 6.22. The quantitative estimate of drug-likeness (QED) is 0.864. The first-order chi connectivity index (χ1) is 9.24. The number of halogens is 1. The predicted molar refractivity (Wildman–Crippen MR) is 81.0 cm³/mol. The van der Waals surface area contributed by atoms with Gasteiger partial charge < -0.3 is 5.32 Å². The maximum absolute atomic E-state index is 11.8. The lowest BCUT2D eigenvalue weighted by Gasteiger charge is -2.21. The smallest absolute Gasteiger partial charge is 0.225 e. The Kier molecular flexibility index (Phi) is 5.83. The monoisotopic (exact) mass is 324 g/mol. The van der Waals surface area contributed by atoms with E-state index in [9.17, 15) is 4.79 Å². The summed E-state index contributed by atoms with van der Waals surface area (Å²) < 4.78 is 0.919. The van der Waals surface area contributed by atoms with Crippen molar-refractivity contribution in [2.75, 3.05) is 5.32 Å². The van der Waals surface area contributed by atoms with E-state index in [2.05, 4.69) is 26.2 Å².